The topological polar surface area (TPSA) is 127 Å². The maximum atomic E-state index is 10.4. The van der Waals surface area contributed by atoms with Gasteiger partial charge < -0.3 is 20.6 Å². The lowest BCUT2D eigenvalue weighted by atomic mass is 10.1. The van der Waals surface area contributed by atoms with Crippen LogP contribution in [0.4, 0.5) is 0 Å². The van der Waals surface area contributed by atoms with E-state index in [1.807, 2.05) is 0 Å². The molecule has 0 aromatic carbocycles. The molecule has 0 rings (SSSR count). The molecule has 0 radical (unpaired) electrons. The van der Waals surface area contributed by atoms with Gasteiger partial charge in [0.15, 0.2) is 0 Å². The summed E-state index contributed by atoms with van der Waals surface area (Å²) in [7, 11) is -4.22. The Hall–Kier alpha value is -0.250. The molecule has 0 aromatic heterocycles. The molecule has 8 heteroatoms. The van der Waals surface area contributed by atoms with Crippen LogP contribution in [0, 0.1) is 0 Å². The molecule has 5 N–H and O–H groups in total. The Morgan fingerprint density at radius 3 is 2.13 bits per heavy atom. The second-order valence-corrected chi connectivity index (χ2v) is 5.16. The highest BCUT2D eigenvalue weighted by molar-refractivity contribution is 7.85. The summed E-state index contributed by atoms with van der Waals surface area (Å²) in [5.74, 6) is -0.785. The summed E-state index contributed by atoms with van der Waals surface area (Å²) in [5, 5.41) is 29.5. The molecule has 0 fully saturated rings. The first-order valence-electron chi connectivity index (χ1n) is 4.32. The van der Waals surface area contributed by atoms with Crippen LogP contribution in [0.5, 0.6) is 0 Å². The molecule has 15 heavy (non-hydrogen) atoms. The molecule has 0 aliphatic heterocycles. The van der Waals surface area contributed by atoms with Crippen LogP contribution in [-0.2, 0) is 10.1 Å². The lowest BCUT2D eigenvalue weighted by Gasteiger charge is -2.27. The van der Waals surface area contributed by atoms with Crippen molar-refractivity contribution in [3.05, 3.63) is 0 Å². The van der Waals surface area contributed by atoms with Crippen molar-refractivity contribution < 1.29 is 28.3 Å². The summed E-state index contributed by atoms with van der Waals surface area (Å²) in [5.41, 5.74) is -0.986. The van der Waals surface area contributed by atoms with Gasteiger partial charge in [0.2, 0.25) is 0 Å². The Bertz CT molecular complexity index is 273. The van der Waals surface area contributed by atoms with Crippen LogP contribution in [0.1, 0.15) is 6.92 Å². The summed E-state index contributed by atoms with van der Waals surface area (Å²) < 4.78 is 29.2. The van der Waals surface area contributed by atoms with E-state index in [1.54, 1.807) is 0 Å². The van der Waals surface area contributed by atoms with Crippen molar-refractivity contribution in [2.75, 3.05) is 25.5 Å². The minimum Gasteiger partial charge on any atom is -0.394 e. The molecule has 0 aliphatic rings. The van der Waals surface area contributed by atoms with E-state index in [-0.39, 0.29) is 19.8 Å². The monoisotopic (exact) mass is 243 g/mol. The molecule has 0 aliphatic carbocycles. The fraction of sp³-hybridized carbons (Fsp3) is 1.00. The van der Waals surface area contributed by atoms with Gasteiger partial charge in [-0.2, -0.15) is 8.42 Å². The minimum atomic E-state index is -4.22. The van der Waals surface area contributed by atoms with Crippen LogP contribution < -0.4 is 5.32 Å². The van der Waals surface area contributed by atoms with Crippen molar-refractivity contribution in [1.82, 2.24) is 5.32 Å². The SMILES string of the molecule is CC(CO)(CO)NCC(O)CS(=O)(=O)O. The highest BCUT2D eigenvalue weighted by Crippen LogP contribution is 2.01. The van der Waals surface area contributed by atoms with Gasteiger partial charge in [-0.25, -0.2) is 0 Å². The third-order valence-electron chi connectivity index (χ3n) is 1.87. The summed E-state index contributed by atoms with van der Waals surface area (Å²) in [6, 6.07) is 0. The normalized spacial score (nSPS) is 15.3. The van der Waals surface area contributed by atoms with Crippen molar-refractivity contribution in [3.63, 3.8) is 0 Å². The van der Waals surface area contributed by atoms with Crippen molar-refractivity contribution in [2.45, 2.75) is 18.6 Å². The second-order valence-electron chi connectivity index (χ2n) is 3.66. The molecule has 0 saturated carbocycles. The van der Waals surface area contributed by atoms with Crippen molar-refractivity contribution in [1.29, 1.82) is 0 Å². The lowest BCUT2D eigenvalue weighted by molar-refractivity contribution is 0.0886. The highest BCUT2D eigenvalue weighted by Gasteiger charge is 2.23. The van der Waals surface area contributed by atoms with E-state index in [4.69, 9.17) is 14.8 Å². The van der Waals surface area contributed by atoms with E-state index in [2.05, 4.69) is 5.32 Å². The van der Waals surface area contributed by atoms with Crippen molar-refractivity contribution >= 4 is 10.1 Å². The molecule has 1 unspecified atom stereocenters. The summed E-state index contributed by atoms with van der Waals surface area (Å²) in [6.45, 7) is 0.634. The average molecular weight is 243 g/mol. The first-order chi connectivity index (χ1) is 6.72. The Balaban J connectivity index is 4.05. The van der Waals surface area contributed by atoms with Gasteiger partial charge in [-0.3, -0.25) is 4.55 Å². The summed E-state index contributed by atoms with van der Waals surface area (Å²) in [6.07, 6.45) is -1.29. The van der Waals surface area contributed by atoms with Crippen molar-refractivity contribution in [3.8, 4) is 0 Å². The maximum absolute atomic E-state index is 10.4. The van der Waals surface area contributed by atoms with Gasteiger partial charge in [-0.15, -0.1) is 0 Å². The summed E-state index contributed by atoms with van der Waals surface area (Å²) in [4.78, 5) is 0. The van der Waals surface area contributed by atoms with E-state index in [0.717, 1.165) is 0 Å². The van der Waals surface area contributed by atoms with Crippen LogP contribution >= 0.6 is 0 Å². The van der Waals surface area contributed by atoms with E-state index in [1.165, 1.54) is 6.92 Å². The van der Waals surface area contributed by atoms with E-state index in [0.29, 0.717) is 0 Å². The van der Waals surface area contributed by atoms with Crippen molar-refractivity contribution in [2.24, 2.45) is 0 Å². The number of aliphatic hydroxyl groups is 3. The highest BCUT2D eigenvalue weighted by atomic mass is 32.2. The zero-order valence-electron chi connectivity index (χ0n) is 8.42. The molecule has 0 aromatic rings. The summed E-state index contributed by atoms with van der Waals surface area (Å²) >= 11 is 0. The molecule has 92 valence electrons. The maximum Gasteiger partial charge on any atom is 0.267 e. The molecule has 0 spiro atoms. The quantitative estimate of drug-likeness (QED) is 0.314. The zero-order valence-corrected chi connectivity index (χ0v) is 9.24. The number of β-amino-alcohol motifs (C(OH)–C–C–N with tert-alkyl or cyclic N) is 1. The third kappa shape index (κ3) is 6.77. The lowest BCUT2D eigenvalue weighted by Crippen LogP contribution is -2.52. The number of hydrogen-bond acceptors (Lipinski definition) is 6. The van der Waals surface area contributed by atoms with Gasteiger partial charge >= 0.3 is 0 Å². The third-order valence-corrected chi connectivity index (χ3v) is 2.67. The van der Waals surface area contributed by atoms with E-state index < -0.39 is 27.5 Å². The van der Waals surface area contributed by atoms with Crippen LogP contribution in [0.3, 0.4) is 0 Å². The predicted octanol–water partition coefficient (Wildman–Crippen LogP) is -2.43. The van der Waals surface area contributed by atoms with Crippen LogP contribution in [0.2, 0.25) is 0 Å². The van der Waals surface area contributed by atoms with Gasteiger partial charge in [-0.1, -0.05) is 0 Å². The molecular weight excluding hydrogens is 226 g/mol. The zero-order chi connectivity index (χ0) is 12.1. The molecule has 7 nitrogen and oxygen atoms in total. The van der Waals surface area contributed by atoms with Crippen LogP contribution in [0.25, 0.3) is 0 Å². The predicted molar refractivity (Wildman–Crippen MR) is 53.0 cm³/mol. The fourth-order valence-electron chi connectivity index (χ4n) is 0.828. The first kappa shape index (κ1) is 14.8. The number of aliphatic hydroxyl groups excluding tert-OH is 3. The van der Waals surface area contributed by atoms with E-state index in [9.17, 15) is 13.5 Å². The molecular formula is C7H17NO6S. The number of hydrogen-bond donors (Lipinski definition) is 5. The fourth-order valence-corrected chi connectivity index (χ4v) is 1.43. The Kier molecular flexibility index (Phi) is 5.63. The Morgan fingerprint density at radius 2 is 1.80 bits per heavy atom. The Morgan fingerprint density at radius 1 is 1.33 bits per heavy atom. The van der Waals surface area contributed by atoms with E-state index >= 15 is 0 Å². The molecule has 0 amide bonds. The van der Waals surface area contributed by atoms with Gasteiger partial charge in [0.05, 0.1) is 24.9 Å². The average Bonchev–Trinajstić information content (AvgIpc) is 2.12. The van der Waals surface area contributed by atoms with Gasteiger partial charge in [0.1, 0.15) is 5.75 Å². The number of rotatable bonds is 7. The Labute approximate surface area is 88.5 Å². The van der Waals surface area contributed by atoms with Gasteiger partial charge in [-0.05, 0) is 6.92 Å². The van der Waals surface area contributed by atoms with Gasteiger partial charge in [0, 0.05) is 6.54 Å². The van der Waals surface area contributed by atoms with Crippen LogP contribution in [-0.4, -0.2) is 65.4 Å². The largest absolute Gasteiger partial charge is 0.394 e. The molecule has 0 bridgehead atoms. The molecule has 1 atom stereocenters. The van der Waals surface area contributed by atoms with Crippen LogP contribution in [0.15, 0.2) is 0 Å². The molecule has 0 saturated heterocycles. The molecule has 0 heterocycles. The smallest absolute Gasteiger partial charge is 0.267 e. The standard InChI is InChI=1S/C7H17NO6S/c1-7(4-9,5-10)8-2-6(11)3-15(12,13)14/h6,8-11H,2-5H2,1H3,(H,12,13,14). The second kappa shape index (κ2) is 5.73. The minimum absolute atomic E-state index is 0.155. The van der Waals surface area contributed by atoms with Gasteiger partial charge in [0.25, 0.3) is 10.1 Å². The number of nitrogens with one attached hydrogen (secondary N) is 1. The first-order valence-corrected chi connectivity index (χ1v) is 5.93.